The lowest BCUT2D eigenvalue weighted by Gasteiger charge is -2.31. The second-order valence-corrected chi connectivity index (χ2v) is 12.8. The molecule has 1 heterocycles. The van der Waals surface area contributed by atoms with Gasteiger partial charge < -0.3 is 8.39 Å². The van der Waals surface area contributed by atoms with Crippen LogP contribution in [0.5, 0.6) is 0 Å². The van der Waals surface area contributed by atoms with E-state index in [1.807, 2.05) is 0 Å². The van der Waals surface area contributed by atoms with Crippen LogP contribution < -0.4 is 4.67 Å². The molecule has 5 aromatic rings. The van der Waals surface area contributed by atoms with Crippen molar-refractivity contribution in [3.63, 3.8) is 0 Å². The molecule has 0 amide bonds. The maximum absolute atomic E-state index is 7.11. The Morgan fingerprint density at radius 2 is 0.976 bits per heavy atom. The van der Waals surface area contributed by atoms with Gasteiger partial charge in [0.1, 0.15) is 11.2 Å². The molecule has 41 heavy (non-hydrogen) atoms. The van der Waals surface area contributed by atoms with E-state index in [4.69, 9.17) is 8.39 Å². The van der Waals surface area contributed by atoms with Crippen molar-refractivity contribution in [3.8, 4) is 0 Å². The highest BCUT2D eigenvalue weighted by Gasteiger charge is 2.30. The largest absolute Gasteiger partial charge is 0.408 e. The van der Waals surface area contributed by atoms with Gasteiger partial charge in [-0.25, -0.2) is 0 Å². The van der Waals surface area contributed by atoms with Crippen molar-refractivity contribution >= 4 is 43.6 Å². The smallest absolute Gasteiger partial charge is 0.310 e. The lowest BCUT2D eigenvalue weighted by atomic mass is 9.84. The molecule has 0 unspecified atom stereocenters. The van der Waals surface area contributed by atoms with Crippen molar-refractivity contribution in [2.75, 3.05) is 4.67 Å². The van der Waals surface area contributed by atoms with E-state index in [2.05, 4.69) is 103 Å². The standard InChI is InChI=1S/C36H38NO2P.H2S/c1-25(27-13-5-3-6-14-27)37(26(2)28-15-7-4-8-16-28)40-38-33-23-21-29-17-9-11-19-31(29)35(33)36-32-20-12-10-18-30(32)22-24-34(36)39-40;/h3-8,13-16,21-26H,9-12,17-20H2,1-2H3;1H2/t25-,26-;/m0./s1. The number of hydrogen-bond acceptors (Lipinski definition) is 3. The SMILES string of the molecule is C[C@@H](c1ccccc1)N([C@@H](C)c1ccccc1)p1oc2ccc3c(c2c2c4c(ccc2o1)CCCC4)CCCC3.S. The number of nitrogens with zero attached hydrogens (tertiary/aromatic N) is 1. The minimum Gasteiger partial charge on any atom is -0.408 e. The summed E-state index contributed by atoms with van der Waals surface area (Å²) >= 11 is 0. The van der Waals surface area contributed by atoms with Gasteiger partial charge >= 0.3 is 8.16 Å². The minimum absolute atomic E-state index is 0. The second kappa shape index (κ2) is 12.1. The first kappa shape index (κ1) is 28.2. The van der Waals surface area contributed by atoms with Crippen LogP contribution in [0.15, 0.2) is 93.3 Å². The topological polar surface area (TPSA) is 29.5 Å². The first-order valence-electron chi connectivity index (χ1n) is 15.0. The molecule has 0 radical (unpaired) electrons. The molecule has 5 heteroatoms. The third kappa shape index (κ3) is 5.27. The monoisotopic (exact) mass is 581 g/mol. The van der Waals surface area contributed by atoms with E-state index in [1.165, 1.54) is 69.8 Å². The average Bonchev–Trinajstić information content (AvgIpc) is 3.19. The molecule has 0 saturated heterocycles. The molecule has 2 aliphatic carbocycles. The van der Waals surface area contributed by atoms with Crippen LogP contribution >= 0.6 is 21.7 Å². The van der Waals surface area contributed by atoms with Crippen molar-refractivity contribution in [2.45, 2.75) is 77.3 Å². The van der Waals surface area contributed by atoms with Crippen molar-refractivity contribution in [1.29, 1.82) is 0 Å². The molecule has 0 bridgehead atoms. The summed E-state index contributed by atoms with van der Waals surface area (Å²) < 4.78 is 16.7. The predicted molar refractivity (Wildman–Crippen MR) is 178 cm³/mol. The van der Waals surface area contributed by atoms with Gasteiger partial charge in [0.25, 0.3) is 0 Å². The third-order valence-electron chi connectivity index (χ3n) is 9.14. The number of benzene rings is 4. The third-order valence-corrected chi connectivity index (χ3v) is 10.9. The van der Waals surface area contributed by atoms with Gasteiger partial charge in [0.2, 0.25) is 0 Å². The fourth-order valence-electron chi connectivity index (χ4n) is 6.98. The summed E-state index contributed by atoms with van der Waals surface area (Å²) in [5, 5.41) is 2.63. The lowest BCUT2D eigenvalue weighted by molar-refractivity contribution is 0.558. The summed E-state index contributed by atoms with van der Waals surface area (Å²) in [4.78, 5) is 0. The molecule has 4 aromatic carbocycles. The van der Waals surface area contributed by atoms with Crippen LogP contribution in [-0.4, -0.2) is 0 Å². The fourth-order valence-corrected chi connectivity index (χ4v) is 8.68. The normalized spacial score (nSPS) is 16.1. The van der Waals surface area contributed by atoms with Gasteiger partial charge in [-0.2, -0.15) is 18.2 Å². The van der Waals surface area contributed by atoms with Crippen molar-refractivity contribution in [1.82, 2.24) is 0 Å². The summed E-state index contributed by atoms with van der Waals surface area (Å²) in [7, 11) is -1.45. The van der Waals surface area contributed by atoms with Crippen LogP contribution in [0.4, 0.5) is 0 Å². The Balaban J connectivity index is 0.00000302. The zero-order valence-corrected chi connectivity index (χ0v) is 26.0. The zero-order chi connectivity index (χ0) is 27.1. The van der Waals surface area contributed by atoms with Gasteiger partial charge in [0.05, 0.1) is 0 Å². The van der Waals surface area contributed by atoms with Crippen molar-refractivity contribution in [3.05, 3.63) is 118 Å². The molecule has 0 fully saturated rings. The maximum atomic E-state index is 7.11. The van der Waals surface area contributed by atoms with Crippen molar-refractivity contribution in [2.24, 2.45) is 0 Å². The summed E-state index contributed by atoms with van der Waals surface area (Å²) in [6, 6.07) is 30.9. The first-order valence-corrected chi connectivity index (χ1v) is 16.2. The Morgan fingerprint density at radius 1 is 0.561 bits per heavy atom. The molecular formula is C36H40NO2PS. The Bertz CT molecular complexity index is 1580. The van der Waals surface area contributed by atoms with Gasteiger partial charge in [-0.05, 0) is 111 Å². The van der Waals surface area contributed by atoms with Gasteiger partial charge in [0, 0.05) is 22.9 Å². The summed E-state index contributed by atoms with van der Waals surface area (Å²) in [6.45, 7) is 4.58. The molecule has 3 nitrogen and oxygen atoms in total. The van der Waals surface area contributed by atoms with Gasteiger partial charge in [-0.1, -0.05) is 72.8 Å². The van der Waals surface area contributed by atoms with Crippen LogP contribution in [0.1, 0.15) is 85.0 Å². The summed E-state index contributed by atoms with van der Waals surface area (Å²) in [6.07, 6.45) is 9.58. The molecule has 0 aliphatic heterocycles. The average molecular weight is 582 g/mol. The van der Waals surface area contributed by atoms with E-state index in [0.717, 1.165) is 36.8 Å². The molecule has 0 spiro atoms. The number of hydrogen-bond donors (Lipinski definition) is 0. The van der Waals surface area contributed by atoms with Crippen LogP contribution in [0.3, 0.4) is 0 Å². The Hall–Kier alpha value is -2.91. The van der Waals surface area contributed by atoms with E-state index >= 15 is 0 Å². The molecule has 1 aromatic heterocycles. The van der Waals surface area contributed by atoms with Gasteiger partial charge in [-0.3, -0.25) is 0 Å². The molecule has 0 N–H and O–H groups in total. The Labute approximate surface area is 251 Å². The number of rotatable bonds is 5. The summed E-state index contributed by atoms with van der Waals surface area (Å²) in [5.41, 5.74) is 10.5. The number of fused-ring (bicyclic) bond motifs is 7. The van der Waals surface area contributed by atoms with E-state index in [1.54, 1.807) is 0 Å². The van der Waals surface area contributed by atoms with Crippen molar-refractivity contribution < 1.29 is 8.39 Å². The highest BCUT2D eigenvalue weighted by atomic mass is 32.1. The van der Waals surface area contributed by atoms with Crippen LogP contribution in [0, 0.1) is 0 Å². The quantitative estimate of drug-likeness (QED) is 0.207. The molecule has 2 atom stereocenters. The van der Waals surface area contributed by atoms with E-state index in [0.29, 0.717) is 0 Å². The predicted octanol–water partition coefficient (Wildman–Crippen LogP) is 10.6. The zero-order valence-electron chi connectivity index (χ0n) is 24.1. The van der Waals surface area contributed by atoms with E-state index in [9.17, 15) is 0 Å². The molecular weight excluding hydrogens is 541 g/mol. The highest BCUT2D eigenvalue weighted by Crippen LogP contribution is 2.48. The van der Waals surface area contributed by atoms with Crippen LogP contribution in [0.2, 0.25) is 0 Å². The second-order valence-electron chi connectivity index (χ2n) is 11.5. The molecule has 7 rings (SSSR count). The molecule has 212 valence electrons. The molecule has 2 aliphatic rings. The highest BCUT2D eigenvalue weighted by molar-refractivity contribution is 7.59. The van der Waals surface area contributed by atoms with Gasteiger partial charge in [-0.15, -0.1) is 0 Å². The first-order chi connectivity index (χ1) is 19.7. The lowest BCUT2D eigenvalue weighted by Crippen LogP contribution is -2.27. The Morgan fingerprint density at radius 3 is 1.41 bits per heavy atom. The maximum Gasteiger partial charge on any atom is 0.310 e. The summed E-state index contributed by atoms with van der Waals surface area (Å²) in [5.74, 6) is 0. The van der Waals surface area contributed by atoms with Crippen LogP contribution in [0.25, 0.3) is 21.9 Å². The minimum atomic E-state index is -1.45. The number of aryl methyl sites for hydroxylation is 4. The Kier molecular flexibility index (Phi) is 8.35. The van der Waals surface area contributed by atoms with Gasteiger partial charge in [0.15, 0.2) is 0 Å². The van der Waals surface area contributed by atoms with E-state index in [-0.39, 0.29) is 25.6 Å². The fraction of sp³-hybridized carbons (Fsp3) is 0.333. The van der Waals surface area contributed by atoms with E-state index < -0.39 is 8.16 Å². The van der Waals surface area contributed by atoms with Crippen LogP contribution in [-0.2, 0) is 25.7 Å². The molecule has 0 saturated carbocycles.